The molecule has 3 aromatic carbocycles. The van der Waals surface area contributed by atoms with Crippen LogP contribution in [-0.4, -0.2) is 119 Å². The predicted octanol–water partition coefficient (Wildman–Crippen LogP) is 4.13. The summed E-state index contributed by atoms with van der Waals surface area (Å²) in [5, 5.41) is 10.5. The fraction of sp³-hybridized carbons (Fsp3) is 0.386. The summed E-state index contributed by atoms with van der Waals surface area (Å²) in [6.45, 7) is 1.61. The van der Waals surface area contributed by atoms with Crippen LogP contribution < -0.4 is 10.1 Å². The van der Waals surface area contributed by atoms with E-state index in [9.17, 15) is 55.5 Å². The molecule has 1 aliphatic carbocycles. The van der Waals surface area contributed by atoms with E-state index in [-0.39, 0.29) is 31.2 Å². The number of hydrogen-bond acceptors (Lipinski definition) is 16. The largest absolute Gasteiger partial charge is 0.463 e. The van der Waals surface area contributed by atoms with Crippen molar-refractivity contribution in [1.82, 2.24) is 25.2 Å². The van der Waals surface area contributed by atoms with Crippen molar-refractivity contribution < 1.29 is 88.7 Å². The van der Waals surface area contributed by atoms with Crippen LogP contribution in [0.4, 0.5) is 26.7 Å². The van der Waals surface area contributed by atoms with Crippen molar-refractivity contribution >= 4 is 41.8 Å². The van der Waals surface area contributed by atoms with Crippen molar-refractivity contribution in [2.75, 3.05) is 32.8 Å². The van der Waals surface area contributed by atoms with Gasteiger partial charge >= 0.3 is 35.9 Å². The van der Waals surface area contributed by atoms with Gasteiger partial charge in [0.25, 0.3) is 0 Å². The number of hydrogen-bond donors (Lipinski definition) is 1. The van der Waals surface area contributed by atoms with Gasteiger partial charge in [-0.25, -0.2) is 27.4 Å². The first-order valence-electron chi connectivity index (χ1n) is 20.6. The van der Waals surface area contributed by atoms with Crippen LogP contribution in [0, 0.1) is 29.1 Å². The number of carbonyl (C=O) groups is 7. The first kappa shape index (κ1) is 49.9. The molecule has 1 N–H and O–H groups in total. The first-order valence-corrected chi connectivity index (χ1v) is 20.6. The molecule has 2 heterocycles. The number of aryl methyl sites for hydroxylation is 1. The fourth-order valence-electron chi connectivity index (χ4n) is 7.57. The maximum absolute atomic E-state index is 14.4. The minimum Gasteiger partial charge on any atom is -0.463 e. The average Bonchev–Trinajstić information content (AvgIpc) is 3.90. The second kappa shape index (κ2) is 21.9. The summed E-state index contributed by atoms with van der Waals surface area (Å²) in [7, 11) is 0. The predicted molar refractivity (Wildman–Crippen MR) is 217 cm³/mol. The van der Waals surface area contributed by atoms with Crippen LogP contribution in [-0.2, 0) is 63.6 Å². The van der Waals surface area contributed by atoms with E-state index in [0.29, 0.717) is 0 Å². The zero-order valence-corrected chi connectivity index (χ0v) is 36.5. The molecule has 0 saturated carbocycles. The van der Waals surface area contributed by atoms with Gasteiger partial charge in [-0.3, -0.25) is 24.0 Å². The number of nitrogens with one attached hydrogen (secondary N) is 1. The Morgan fingerprint density at radius 1 is 0.706 bits per heavy atom. The summed E-state index contributed by atoms with van der Waals surface area (Å²) in [6, 6.07) is 15.2. The molecule has 1 saturated heterocycles. The van der Waals surface area contributed by atoms with Gasteiger partial charge in [-0.1, -0.05) is 53.7 Å². The number of fused-ring (bicyclic) bond motifs is 3. The maximum atomic E-state index is 14.4. The SMILES string of the molecule is CC(=O)OC[C@H]1O[C@@H](n2cc(CCC(=O)N(CCNC(=O)OCC3c4ccccc4-c4ccccc43)CC(=O)Oc3c(F)c(F)c(F)c(F)c3F)nn2)[C@H](OC(C)=O)[C@@H](OC(C)=O)[C@@H]1OC(C)=O. The Balaban J connectivity index is 1.17. The van der Waals surface area contributed by atoms with E-state index >= 15 is 0 Å². The van der Waals surface area contributed by atoms with Gasteiger partial charge < -0.3 is 43.4 Å². The fourth-order valence-corrected chi connectivity index (χ4v) is 7.57. The number of halogens is 5. The molecular formula is C44H42F5N5O14. The number of alkyl carbamates (subject to hydrolysis) is 1. The number of ether oxygens (including phenoxy) is 7. The highest BCUT2D eigenvalue weighted by molar-refractivity contribution is 5.83. The normalized spacial score (nSPS) is 18.3. The van der Waals surface area contributed by atoms with E-state index in [0.717, 1.165) is 59.5 Å². The Hall–Kier alpha value is -7.50. The topological polar surface area (TPSA) is 230 Å². The number of rotatable bonds is 17. The van der Waals surface area contributed by atoms with Crippen molar-refractivity contribution in [2.24, 2.45) is 0 Å². The van der Waals surface area contributed by atoms with Crippen molar-refractivity contribution in [2.45, 2.75) is 77.1 Å². The minimum absolute atomic E-state index is 0.0481. The molecule has 2 amide bonds. The third-order valence-corrected chi connectivity index (χ3v) is 10.4. The third kappa shape index (κ3) is 11.7. The molecule has 0 radical (unpaired) electrons. The van der Waals surface area contributed by atoms with Crippen molar-refractivity contribution in [3.8, 4) is 16.9 Å². The Morgan fingerprint density at radius 2 is 1.26 bits per heavy atom. The molecule has 6 rings (SSSR count). The molecule has 19 nitrogen and oxygen atoms in total. The smallest absolute Gasteiger partial charge is 0.407 e. The van der Waals surface area contributed by atoms with Gasteiger partial charge in [-0.15, -0.1) is 5.10 Å². The van der Waals surface area contributed by atoms with Crippen LogP contribution in [0.15, 0.2) is 54.7 Å². The van der Waals surface area contributed by atoms with Gasteiger partial charge in [0.1, 0.15) is 25.9 Å². The Labute approximate surface area is 382 Å². The van der Waals surface area contributed by atoms with Gasteiger partial charge in [0.05, 0.1) is 11.9 Å². The summed E-state index contributed by atoms with van der Waals surface area (Å²) in [6.07, 6.45) is -7.87. The summed E-state index contributed by atoms with van der Waals surface area (Å²) in [4.78, 5) is 88.7. The lowest BCUT2D eigenvalue weighted by molar-refractivity contribution is -0.270. The van der Waals surface area contributed by atoms with E-state index in [1.807, 2.05) is 48.5 Å². The number of esters is 5. The van der Waals surface area contributed by atoms with Crippen molar-refractivity contribution in [1.29, 1.82) is 0 Å². The van der Waals surface area contributed by atoms with Crippen LogP contribution in [0.1, 0.15) is 63.1 Å². The molecule has 2 aliphatic rings. The van der Waals surface area contributed by atoms with Crippen LogP contribution in [0.2, 0.25) is 0 Å². The van der Waals surface area contributed by atoms with Gasteiger partial charge in [0.15, 0.2) is 24.5 Å². The van der Waals surface area contributed by atoms with Gasteiger partial charge in [0, 0.05) is 59.5 Å². The minimum atomic E-state index is -2.50. The summed E-state index contributed by atoms with van der Waals surface area (Å²) >= 11 is 0. The lowest BCUT2D eigenvalue weighted by atomic mass is 9.97. The van der Waals surface area contributed by atoms with Gasteiger partial charge in [-0.05, 0) is 22.3 Å². The van der Waals surface area contributed by atoms with Gasteiger partial charge in [0.2, 0.25) is 40.7 Å². The molecule has 68 heavy (non-hydrogen) atoms. The second-order valence-corrected chi connectivity index (χ2v) is 15.2. The maximum Gasteiger partial charge on any atom is 0.407 e. The van der Waals surface area contributed by atoms with Crippen molar-refractivity contribution in [3.63, 3.8) is 0 Å². The number of amides is 2. The molecule has 0 unspecified atom stereocenters. The highest BCUT2D eigenvalue weighted by Crippen LogP contribution is 2.44. The van der Waals surface area contributed by atoms with E-state index in [4.69, 9.17) is 28.4 Å². The summed E-state index contributed by atoms with van der Waals surface area (Å²) in [5.41, 5.74) is 3.87. The van der Waals surface area contributed by atoms with E-state index in [1.165, 1.54) is 6.20 Å². The summed E-state index contributed by atoms with van der Waals surface area (Å²) < 4.78 is 109. The van der Waals surface area contributed by atoms with Crippen LogP contribution in [0.25, 0.3) is 11.1 Å². The Kier molecular flexibility index (Phi) is 16.1. The Bertz CT molecular complexity index is 2520. The quantitative estimate of drug-likeness (QED) is 0.0392. The average molecular weight is 960 g/mol. The number of nitrogens with zero attached hydrogens (tertiary/aromatic N) is 4. The lowest BCUT2D eigenvalue weighted by Crippen LogP contribution is -2.60. The molecular weight excluding hydrogens is 917 g/mol. The molecule has 0 bridgehead atoms. The molecule has 1 aromatic heterocycles. The van der Waals surface area contributed by atoms with Gasteiger partial charge in [-0.2, -0.15) is 8.78 Å². The third-order valence-electron chi connectivity index (χ3n) is 10.4. The standard InChI is InChI=1S/C44H42F5N5O14/c1-21(55)62-20-31-39(64-22(2)56)41(65-23(3)57)42(66-24(4)58)43(67-31)54-17-25(51-52-54)13-14-32(59)53(18-33(60)68-40-37(48)35(46)34(45)36(47)38(40)49)16-15-50-44(61)63-19-30-28-11-7-5-9-26(28)27-10-6-8-12-29(27)30/h5-12,17,30-31,39,41-43H,13-16,18-20H2,1-4H3,(H,50,61)/t31-,39-,41+,42-,43-/m1/s1. The molecule has 0 spiro atoms. The van der Waals surface area contributed by atoms with Crippen LogP contribution in [0.3, 0.4) is 0 Å². The summed E-state index contributed by atoms with van der Waals surface area (Å²) in [5.74, 6) is -20.2. The zero-order chi connectivity index (χ0) is 49.4. The monoisotopic (exact) mass is 959 g/mol. The second-order valence-electron chi connectivity index (χ2n) is 15.2. The van der Waals surface area contributed by atoms with E-state index in [2.05, 4.69) is 20.4 Å². The molecule has 5 atom stereocenters. The highest BCUT2D eigenvalue weighted by atomic mass is 19.2. The highest BCUT2D eigenvalue weighted by Gasteiger charge is 2.53. The van der Waals surface area contributed by atoms with Crippen molar-refractivity contribution in [3.05, 3.63) is 101 Å². The van der Waals surface area contributed by atoms with Crippen LogP contribution >= 0.6 is 0 Å². The van der Waals surface area contributed by atoms with E-state index < -0.39 is 133 Å². The molecule has 4 aromatic rings. The zero-order valence-electron chi connectivity index (χ0n) is 36.5. The number of aromatic nitrogens is 3. The first-order chi connectivity index (χ1) is 32.3. The molecule has 1 aliphatic heterocycles. The Morgan fingerprint density at radius 3 is 1.85 bits per heavy atom. The van der Waals surface area contributed by atoms with E-state index in [1.54, 1.807) is 0 Å². The number of benzene rings is 3. The molecule has 1 fully saturated rings. The van der Waals surface area contributed by atoms with Crippen LogP contribution in [0.5, 0.6) is 5.75 Å². The number of carbonyl (C=O) groups excluding carboxylic acids is 7. The molecule has 362 valence electrons. The molecule has 24 heteroatoms. The lowest BCUT2D eigenvalue weighted by Gasteiger charge is -2.44.